The van der Waals surface area contributed by atoms with E-state index < -0.39 is 0 Å². The Balaban J connectivity index is 1.92. The van der Waals surface area contributed by atoms with Crippen LogP contribution in [0.3, 0.4) is 0 Å². The molecule has 0 spiro atoms. The molecule has 0 saturated carbocycles. The van der Waals surface area contributed by atoms with Crippen LogP contribution in [-0.4, -0.2) is 11.7 Å². The van der Waals surface area contributed by atoms with E-state index in [0.29, 0.717) is 0 Å². The Kier molecular flexibility index (Phi) is 5.05. The minimum absolute atomic E-state index is 0.241. The highest BCUT2D eigenvalue weighted by Gasteiger charge is 1.99. The summed E-state index contributed by atoms with van der Waals surface area (Å²) in [5.74, 6) is 0. The summed E-state index contributed by atoms with van der Waals surface area (Å²) in [7, 11) is 0. The van der Waals surface area contributed by atoms with E-state index in [4.69, 9.17) is 16.7 Å². The van der Waals surface area contributed by atoms with Gasteiger partial charge in [-0.1, -0.05) is 23.7 Å². The molecule has 1 heterocycles. The van der Waals surface area contributed by atoms with Crippen LogP contribution in [0, 0.1) is 0 Å². The summed E-state index contributed by atoms with van der Waals surface area (Å²) < 4.78 is 0.823. The molecule has 2 nitrogen and oxygen atoms in total. The fourth-order valence-electron chi connectivity index (χ4n) is 1.76. The standard InChI is InChI=1S/C14H16ClNOS/c15-14-7-6-13(18-14)10-16-12-5-1-3-11(9-12)4-2-8-17/h1,3,5-7,9,16-17H,2,4,8,10H2. The third-order valence-electron chi connectivity index (χ3n) is 2.65. The number of rotatable bonds is 6. The lowest BCUT2D eigenvalue weighted by atomic mass is 10.1. The van der Waals surface area contributed by atoms with Crippen LogP contribution in [0.4, 0.5) is 5.69 Å². The summed E-state index contributed by atoms with van der Waals surface area (Å²) in [6.07, 6.45) is 1.72. The maximum absolute atomic E-state index is 8.82. The molecule has 0 atom stereocenters. The van der Waals surface area contributed by atoms with Crippen molar-refractivity contribution in [2.75, 3.05) is 11.9 Å². The van der Waals surface area contributed by atoms with E-state index in [9.17, 15) is 0 Å². The lowest BCUT2D eigenvalue weighted by Gasteiger charge is -2.07. The van der Waals surface area contributed by atoms with E-state index in [0.717, 1.165) is 29.4 Å². The van der Waals surface area contributed by atoms with Crippen LogP contribution in [0.5, 0.6) is 0 Å². The molecule has 0 amide bonds. The molecule has 2 rings (SSSR count). The third kappa shape index (κ3) is 4.02. The zero-order valence-electron chi connectivity index (χ0n) is 10.0. The fraction of sp³-hybridized carbons (Fsp3) is 0.286. The van der Waals surface area contributed by atoms with E-state index >= 15 is 0 Å². The van der Waals surface area contributed by atoms with Crippen molar-refractivity contribution in [2.45, 2.75) is 19.4 Å². The number of aliphatic hydroxyl groups is 1. The predicted octanol–water partition coefficient (Wildman–Crippen LogP) is 3.94. The van der Waals surface area contributed by atoms with Crippen molar-refractivity contribution in [3.05, 3.63) is 51.2 Å². The molecule has 1 aromatic heterocycles. The third-order valence-corrected chi connectivity index (χ3v) is 3.88. The van der Waals surface area contributed by atoms with Gasteiger partial charge in [0.15, 0.2) is 0 Å². The Morgan fingerprint density at radius 3 is 2.83 bits per heavy atom. The quantitative estimate of drug-likeness (QED) is 0.841. The Morgan fingerprint density at radius 1 is 1.22 bits per heavy atom. The molecule has 0 saturated heterocycles. The largest absolute Gasteiger partial charge is 0.396 e. The molecular formula is C14H16ClNOS. The van der Waals surface area contributed by atoms with E-state index in [2.05, 4.69) is 23.5 Å². The van der Waals surface area contributed by atoms with Gasteiger partial charge in [0.2, 0.25) is 0 Å². The Hall–Kier alpha value is -1.03. The lowest BCUT2D eigenvalue weighted by molar-refractivity contribution is 0.288. The molecule has 0 aliphatic carbocycles. The molecule has 0 bridgehead atoms. The van der Waals surface area contributed by atoms with Crippen LogP contribution in [0.15, 0.2) is 36.4 Å². The number of hydrogen-bond donors (Lipinski definition) is 2. The smallest absolute Gasteiger partial charge is 0.0931 e. The molecule has 0 radical (unpaired) electrons. The highest BCUT2D eigenvalue weighted by molar-refractivity contribution is 7.16. The van der Waals surface area contributed by atoms with Crippen molar-refractivity contribution < 1.29 is 5.11 Å². The number of anilines is 1. The predicted molar refractivity (Wildman–Crippen MR) is 78.5 cm³/mol. The van der Waals surface area contributed by atoms with Crippen LogP contribution < -0.4 is 5.32 Å². The van der Waals surface area contributed by atoms with Gasteiger partial charge in [0.05, 0.1) is 4.34 Å². The Labute approximate surface area is 116 Å². The van der Waals surface area contributed by atoms with E-state index in [-0.39, 0.29) is 6.61 Å². The molecule has 0 aliphatic heterocycles. The van der Waals surface area contributed by atoms with E-state index in [1.54, 1.807) is 11.3 Å². The molecule has 2 N–H and O–H groups in total. The minimum Gasteiger partial charge on any atom is -0.396 e. The monoisotopic (exact) mass is 281 g/mol. The SMILES string of the molecule is OCCCc1cccc(NCc2ccc(Cl)s2)c1. The minimum atomic E-state index is 0.241. The second-order valence-corrected chi connectivity index (χ2v) is 5.89. The van der Waals surface area contributed by atoms with Crippen LogP contribution >= 0.6 is 22.9 Å². The average Bonchev–Trinajstić information content (AvgIpc) is 2.80. The molecule has 1 aromatic carbocycles. The fourth-order valence-corrected chi connectivity index (χ4v) is 2.78. The first-order valence-electron chi connectivity index (χ1n) is 5.96. The van der Waals surface area contributed by atoms with Gasteiger partial charge in [-0.2, -0.15) is 0 Å². The summed E-state index contributed by atoms with van der Waals surface area (Å²) in [5.41, 5.74) is 2.35. The summed E-state index contributed by atoms with van der Waals surface area (Å²) in [6.45, 7) is 1.03. The van der Waals surface area contributed by atoms with Crippen molar-refractivity contribution in [3.8, 4) is 0 Å². The Bertz CT molecular complexity index is 498. The van der Waals surface area contributed by atoms with Crippen molar-refractivity contribution in [1.82, 2.24) is 0 Å². The first-order valence-corrected chi connectivity index (χ1v) is 7.15. The van der Waals surface area contributed by atoms with Crippen LogP contribution in [-0.2, 0) is 13.0 Å². The summed E-state index contributed by atoms with van der Waals surface area (Å²) in [4.78, 5) is 1.22. The molecule has 0 fully saturated rings. The number of halogens is 1. The van der Waals surface area contributed by atoms with Crippen LogP contribution in [0.1, 0.15) is 16.9 Å². The number of benzene rings is 1. The molecule has 0 unspecified atom stereocenters. The first-order chi connectivity index (χ1) is 8.78. The van der Waals surface area contributed by atoms with Gasteiger partial charge in [-0.15, -0.1) is 11.3 Å². The van der Waals surface area contributed by atoms with Gasteiger partial charge in [0.1, 0.15) is 0 Å². The number of thiophene rings is 1. The van der Waals surface area contributed by atoms with Crippen molar-refractivity contribution in [3.63, 3.8) is 0 Å². The second kappa shape index (κ2) is 6.78. The lowest BCUT2D eigenvalue weighted by Crippen LogP contribution is -1.98. The Morgan fingerprint density at radius 2 is 2.11 bits per heavy atom. The van der Waals surface area contributed by atoms with Gasteiger partial charge in [-0.25, -0.2) is 0 Å². The van der Waals surface area contributed by atoms with Crippen LogP contribution in [0.25, 0.3) is 0 Å². The molecule has 2 aromatic rings. The summed E-state index contributed by atoms with van der Waals surface area (Å²) in [5, 5.41) is 12.2. The summed E-state index contributed by atoms with van der Waals surface area (Å²) in [6, 6.07) is 12.3. The van der Waals surface area contributed by atoms with E-state index in [1.807, 2.05) is 18.2 Å². The topological polar surface area (TPSA) is 32.3 Å². The van der Waals surface area contributed by atoms with Gasteiger partial charge in [0, 0.05) is 23.7 Å². The molecule has 4 heteroatoms. The zero-order valence-corrected chi connectivity index (χ0v) is 11.6. The van der Waals surface area contributed by atoms with Gasteiger partial charge in [-0.3, -0.25) is 0 Å². The first kappa shape index (κ1) is 13.4. The maximum Gasteiger partial charge on any atom is 0.0931 e. The van der Waals surface area contributed by atoms with Gasteiger partial charge >= 0.3 is 0 Å². The number of aliphatic hydroxyl groups excluding tert-OH is 1. The zero-order chi connectivity index (χ0) is 12.8. The molecule has 18 heavy (non-hydrogen) atoms. The second-order valence-electron chi connectivity index (χ2n) is 4.09. The van der Waals surface area contributed by atoms with Gasteiger partial charge in [0.25, 0.3) is 0 Å². The van der Waals surface area contributed by atoms with Crippen molar-refractivity contribution in [2.24, 2.45) is 0 Å². The normalized spacial score (nSPS) is 10.6. The number of nitrogens with one attached hydrogen (secondary N) is 1. The highest BCUT2D eigenvalue weighted by Crippen LogP contribution is 2.22. The van der Waals surface area contributed by atoms with E-state index in [1.165, 1.54) is 10.4 Å². The van der Waals surface area contributed by atoms with Crippen LogP contribution in [0.2, 0.25) is 4.34 Å². The molecular weight excluding hydrogens is 266 g/mol. The van der Waals surface area contributed by atoms with Crippen molar-refractivity contribution in [1.29, 1.82) is 0 Å². The maximum atomic E-state index is 8.82. The number of hydrogen-bond acceptors (Lipinski definition) is 3. The van der Waals surface area contributed by atoms with Gasteiger partial charge < -0.3 is 10.4 Å². The molecule has 96 valence electrons. The highest BCUT2D eigenvalue weighted by atomic mass is 35.5. The average molecular weight is 282 g/mol. The van der Waals surface area contributed by atoms with Gasteiger partial charge in [-0.05, 0) is 42.7 Å². The molecule has 0 aliphatic rings. The number of aryl methyl sites for hydroxylation is 1. The summed E-state index contributed by atoms with van der Waals surface area (Å²) >= 11 is 7.49. The van der Waals surface area contributed by atoms with Crippen molar-refractivity contribution >= 4 is 28.6 Å².